The Labute approximate surface area is 200 Å². The molecule has 0 fully saturated rings. The fourth-order valence-corrected chi connectivity index (χ4v) is 5.60. The summed E-state index contributed by atoms with van der Waals surface area (Å²) < 4.78 is 0. The number of benzene rings is 6. The molecule has 0 saturated carbocycles. The van der Waals surface area contributed by atoms with Gasteiger partial charge in [0.05, 0.1) is 0 Å². The second kappa shape index (κ2) is 7.64. The van der Waals surface area contributed by atoms with Gasteiger partial charge in [0.1, 0.15) is 0 Å². The summed E-state index contributed by atoms with van der Waals surface area (Å²) in [7, 11) is 0. The van der Waals surface area contributed by atoms with Gasteiger partial charge in [0.25, 0.3) is 0 Å². The molecule has 158 valence electrons. The van der Waals surface area contributed by atoms with Crippen LogP contribution < -0.4 is 21.3 Å². The molecule has 0 unspecified atom stereocenters. The van der Waals surface area contributed by atoms with Gasteiger partial charge in [0.2, 0.25) is 6.71 Å². The van der Waals surface area contributed by atoms with E-state index < -0.39 is 0 Å². The predicted octanol–water partition coefficient (Wildman–Crippen LogP) is 6.29. The minimum Gasteiger partial charge on any atom is -0.312 e. The van der Waals surface area contributed by atoms with E-state index in [1.54, 1.807) is 0 Å². The lowest BCUT2D eigenvalue weighted by atomic mass is 9.34. The van der Waals surface area contributed by atoms with E-state index in [1.807, 2.05) is 0 Å². The Bertz CT molecular complexity index is 1630. The Kier molecular flexibility index (Phi) is 4.31. The van der Waals surface area contributed by atoms with Crippen molar-refractivity contribution in [3.05, 3.63) is 133 Å². The molecule has 0 spiro atoms. The van der Waals surface area contributed by atoms with Crippen LogP contribution in [0.4, 0.5) is 17.1 Å². The van der Waals surface area contributed by atoms with Crippen molar-refractivity contribution in [2.75, 3.05) is 4.90 Å². The third-order valence-electron chi connectivity index (χ3n) is 7.10. The minimum absolute atomic E-state index is 0.176. The summed E-state index contributed by atoms with van der Waals surface area (Å²) in [6, 6.07) is 48.6. The van der Waals surface area contributed by atoms with Crippen molar-refractivity contribution in [3.8, 4) is 0 Å². The molecular weight excluding hydrogens is 409 g/mol. The summed E-state index contributed by atoms with van der Waals surface area (Å²) in [6.07, 6.45) is 0. The van der Waals surface area contributed by atoms with Crippen LogP contribution in [-0.4, -0.2) is 6.71 Å². The Morgan fingerprint density at radius 3 is 1.74 bits per heavy atom. The topological polar surface area (TPSA) is 3.24 Å². The molecule has 0 bridgehead atoms. The van der Waals surface area contributed by atoms with Crippen molar-refractivity contribution in [1.29, 1.82) is 0 Å². The van der Waals surface area contributed by atoms with Crippen molar-refractivity contribution in [3.63, 3.8) is 0 Å². The molecule has 0 atom stereocenters. The zero-order valence-electron chi connectivity index (χ0n) is 18.7. The van der Waals surface area contributed by atoms with Gasteiger partial charge in [0, 0.05) is 17.1 Å². The Morgan fingerprint density at radius 1 is 0.412 bits per heavy atom. The van der Waals surface area contributed by atoms with Crippen molar-refractivity contribution in [2.24, 2.45) is 0 Å². The summed E-state index contributed by atoms with van der Waals surface area (Å²) in [4.78, 5) is 2.43. The van der Waals surface area contributed by atoms with E-state index in [-0.39, 0.29) is 6.71 Å². The van der Waals surface area contributed by atoms with E-state index in [2.05, 4.69) is 138 Å². The van der Waals surface area contributed by atoms with Crippen LogP contribution in [-0.2, 0) is 0 Å². The summed E-state index contributed by atoms with van der Waals surface area (Å²) in [5, 5.41) is 5.12. The van der Waals surface area contributed by atoms with Gasteiger partial charge in [-0.3, -0.25) is 0 Å². The third-order valence-corrected chi connectivity index (χ3v) is 7.10. The van der Waals surface area contributed by atoms with Gasteiger partial charge >= 0.3 is 0 Å². The van der Waals surface area contributed by atoms with Crippen LogP contribution in [0.2, 0.25) is 0 Å². The molecule has 1 heterocycles. The first-order chi connectivity index (χ1) is 16.9. The molecule has 6 aromatic rings. The second-order valence-electron chi connectivity index (χ2n) is 8.99. The Balaban J connectivity index is 1.51. The molecule has 6 aromatic carbocycles. The molecule has 0 N–H and O–H groups in total. The first-order valence-corrected chi connectivity index (χ1v) is 11.8. The molecule has 7 rings (SSSR count). The predicted molar refractivity (Wildman–Crippen MR) is 147 cm³/mol. The van der Waals surface area contributed by atoms with E-state index in [4.69, 9.17) is 0 Å². The number of hydrogen-bond acceptors (Lipinski definition) is 1. The van der Waals surface area contributed by atoms with Crippen LogP contribution >= 0.6 is 0 Å². The number of nitrogens with zero attached hydrogens (tertiary/aromatic N) is 1. The fourth-order valence-electron chi connectivity index (χ4n) is 5.60. The summed E-state index contributed by atoms with van der Waals surface area (Å²) in [5.74, 6) is 0. The maximum absolute atomic E-state index is 2.43. The fraction of sp³-hybridized carbons (Fsp3) is 0. The van der Waals surface area contributed by atoms with E-state index in [1.165, 1.54) is 55.0 Å². The van der Waals surface area contributed by atoms with Crippen molar-refractivity contribution < 1.29 is 0 Å². The lowest BCUT2D eigenvalue weighted by Gasteiger charge is -2.37. The highest BCUT2D eigenvalue weighted by atomic mass is 15.1. The average Bonchev–Trinajstić information content (AvgIpc) is 2.91. The van der Waals surface area contributed by atoms with Crippen LogP contribution in [0.15, 0.2) is 133 Å². The van der Waals surface area contributed by atoms with Crippen molar-refractivity contribution >= 4 is 61.7 Å². The molecule has 34 heavy (non-hydrogen) atoms. The zero-order chi connectivity index (χ0) is 22.5. The molecular formula is C32H22BN. The first kappa shape index (κ1) is 19.2. The Morgan fingerprint density at radius 2 is 0.971 bits per heavy atom. The van der Waals surface area contributed by atoms with E-state index in [9.17, 15) is 0 Å². The standard InChI is InChI=1S/C32H22BN/c1-2-12-25-22-26(21-20-23(25)10-1)34-31-18-7-5-15-29(31)33(30-16-6-8-19-32(30)34)28-17-9-13-24-11-3-4-14-27(24)28/h1-22H. The average molecular weight is 431 g/mol. The van der Waals surface area contributed by atoms with Crippen LogP contribution in [0.3, 0.4) is 0 Å². The maximum Gasteiger partial charge on any atom is 0.247 e. The molecule has 1 aliphatic heterocycles. The summed E-state index contributed by atoms with van der Waals surface area (Å²) >= 11 is 0. The van der Waals surface area contributed by atoms with Gasteiger partial charge in [0.15, 0.2) is 0 Å². The second-order valence-corrected chi connectivity index (χ2v) is 8.99. The molecule has 0 amide bonds. The molecule has 0 radical (unpaired) electrons. The number of fused-ring (bicyclic) bond motifs is 4. The quantitative estimate of drug-likeness (QED) is 0.291. The van der Waals surface area contributed by atoms with Gasteiger partial charge in [-0.1, -0.05) is 115 Å². The van der Waals surface area contributed by atoms with Gasteiger partial charge in [-0.25, -0.2) is 0 Å². The number of para-hydroxylation sites is 2. The molecule has 1 nitrogen and oxygen atoms in total. The van der Waals surface area contributed by atoms with E-state index in [0.29, 0.717) is 0 Å². The van der Waals surface area contributed by atoms with Crippen molar-refractivity contribution in [2.45, 2.75) is 0 Å². The molecule has 1 aliphatic rings. The zero-order valence-corrected chi connectivity index (χ0v) is 18.7. The SMILES string of the molecule is c1ccc2c(c1)B(c1cccc3ccccc13)c1ccccc1N2c1ccc2ccccc2c1. The van der Waals surface area contributed by atoms with Gasteiger partial charge < -0.3 is 4.90 Å². The van der Waals surface area contributed by atoms with Crippen molar-refractivity contribution in [1.82, 2.24) is 0 Å². The smallest absolute Gasteiger partial charge is 0.247 e. The Hall–Kier alpha value is -4.30. The van der Waals surface area contributed by atoms with Gasteiger partial charge in [-0.05, 0) is 56.7 Å². The highest BCUT2D eigenvalue weighted by Gasteiger charge is 2.35. The lowest BCUT2D eigenvalue weighted by molar-refractivity contribution is 1.30. The molecule has 0 aliphatic carbocycles. The monoisotopic (exact) mass is 431 g/mol. The summed E-state index contributed by atoms with van der Waals surface area (Å²) in [5.41, 5.74) is 7.71. The minimum atomic E-state index is 0.176. The van der Waals surface area contributed by atoms with Crippen LogP contribution in [0.25, 0.3) is 21.5 Å². The molecule has 0 aromatic heterocycles. The first-order valence-electron chi connectivity index (χ1n) is 11.8. The van der Waals surface area contributed by atoms with Crippen LogP contribution in [0.1, 0.15) is 0 Å². The lowest BCUT2D eigenvalue weighted by Crippen LogP contribution is -2.57. The highest BCUT2D eigenvalue weighted by Crippen LogP contribution is 2.37. The number of anilines is 3. The normalized spacial score (nSPS) is 12.6. The van der Waals surface area contributed by atoms with Gasteiger partial charge in [-0.2, -0.15) is 0 Å². The number of hydrogen-bond donors (Lipinski definition) is 0. The number of rotatable bonds is 2. The van der Waals surface area contributed by atoms with Crippen LogP contribution in [0.5, 0.6) is 0 Å². The van der Waals surface area contributed by atoms with Crippen LogP contribution in [0, 0.1) is 0 Å². The van der Waals surface area contributed by atoms with E-state index in [0.717, 1.165) is 0 Å². The molecule has 2 heteroatoms. The molecule has 0 saturated heterocycles. The maximum atomic E-state index is 2.43. The third kappa shape index (κ3) is 2.89. The summed E-state index contributed by atoms with van der Waals surface area (Å²) in [6.45, 7) is 0.176. The largest absolute Gasteiger partial charge is 0.312 e. The highest BCUT2D eigenvalue weighted by molar-refractivity contribution is 6.99. The van der Waals surface area contributed by atoms with Gasteiger partial charge in [-0.15, -0.1) is 0 Å². The van der Waals surface area contributed by atoms with E-state index >= 15 is 0 Å².